The van der Waals surface area contributed by atoms with E-state index in [1.54, 1.807) is 0 Å². The fourth-order valence-electron chi connectivity index (χ4n) is 1.64. The molecular formula is C15H28O2. The second-order valence-electron chi connectivity index (χ2n) is 4.61. The Kier molecular flexibility index (Phi) is 11.1. The van der Waals surface area contributed by atoms with Gasteiger partial charge in [-0.3, -0.25) is 0 Å². The molecule has 0 amide bonds. The van der Waals surface area contributed by atoms with Crippen LogP contribution in [0, 0.1) is 0 Å². The van der Waals surface area contributed by atoms with Crippen molar-refractivity contribution in [3.63, 3.8) is 0 Å². The number of esters is 1. The van der Waals surface area contributed by atoms with Gasteiger partial charge >= 0.3 is 5.97 Å². The van der Waals surface area contributed by atoms with E-state index in [1.165, 1.54) is 25.7 Å². The molecule has 0 bridgehead atoms. The molecule has 2 heteroatoms. The van der Waals surface area contributed by atoms with Gasteiger partial charge in [0.05, 0.1) is 6.61 Å². The summed E-state index contributed by atoms with van der Waals surface area (Å²) >= 11 is 0. The van der Waals surface area contributed by atoms with Gasteiger partial charge in [-0.1, -0.05) is 59.0 Å². The molecule has 0 aliphatic rings. The van der Waals surface area contributed by atoms with Crippen LogP contribution in [0.1, 0.15) is 71.6 Å². The van der Waals surface area contributed by atoms with E-state index in [2.05, 4.69) is 20.4 Å². The number of unbranched alkanes of at least 4 members (excludes halogenated alkanes) is 6. The Hall–Kier alpha value is -0.790. The summed E-state index contributed by atoms with van der Waals surface area (Å²) in [4.78, 5) is 11.5. The van der Waals surface area contributed by atoms with E-state index in [0.717, 1.165) is 32.1 Å². The van der Waals surface area contributed by atoms with Crippen molar-refractivity contribution >= 4 is 5.97 Å². The quantitative estimate of drug-likeness (QED) is 0.299. The van der Waals surface area contributed by atoms with Gasteiger partial charge < -0.3 is 4.74 Å². The molecule has 0 fully saturated rings. The van der Waals surface area contributed by atoms with Crippen LogP contribution >= 0.6 is 0 Å². The fraction of sp³-hybridized carbons (Fsp3) is 0.800. The second-order valence-corrected chi connectivity index (χ2v) is 4.61. The minimum atomic E-state index is -0.202. The largest absolute Gasteiger partial charge is 0.462 e. The minimum absolute atomic E-state index is 0.202. The maximum atomic E-state index is 11.5. The monoisotopic (exact) mass is 240 g/mol. The molecule has 0 atom stereocenters. The molecular weight excluding hydrogens is 212 g/mol. The van der Waals surface area contributed by atoms with Gasteiger partial charge in [0, 0.05) is 5.57 Å². The third-order valence-electron chi connectivity index (χ3n) is 2.85. The summed E-state index contributed by atoms with van der Waals surface area (Å²) in [6, 6.07) is 0. The summed E-state index contributed by atoms with van der Waals surface area (Å²) in [5.74, 6) is -0.202. The van der Waals surface area contributed by atoms with E-state index in [4.69, 9.17) is 4.74 Å². The number of hydrogen-bond donors (Lipinski definition) is 0. The van der Waals surface area contributed by atoms with E-state index in [9.17, 15) is 4.79 Å². The van der Waals surface area contributed by atoms with Crippen molar-refractivity contribution in [2.24, 2.45) is 0 Å². The number of carbonyl (C=O) groups excluding carboxylic acids is 1. The normalized spacial score (nSPS) is 10.2. The van der Waals surface area contributed by atoms with Crippen LogP contribution in [0.2, 0.25) is 0 Å². The molecule has 0 aromatic carbocycles. The highest BCUT2D eigenvalue weighted by atomic mass is 16.5. The fourth-order valence-corrected chi connectivity index (χ4v) is 1.64. The zero-order valence-electron chi connectivity index (χ0n) is 11.6. The molecule has 0 rings (SSSR count). The lowest BCUT2D eigenvalue weighted by Crippen LogP contribution is -2.08. The van der Waals surface area contributed by atoms with Crippen molar-refractivity contribution in [2.75, 3.05) is 6.61 Å². The van der Waals surface area contributed by atoms with Crippen molar-refractivity contribution in [1.29, 1.82) is 0 Å². The van der Waals surface area contributed by atoms with E-state index >= 15 is 0 Å². The van der Waals surface area contributed by atoms with E-state index < -0.39 is 0 Å². The summed E-state index contributed by atoms with van der Waals surface area (Å²) in [5.41, 5.74) is 0.623. The van der Waals surface area contributed by atoms with Gasteiger partial charge in [-0.05, 0) is 19.3 Å². The summed E-state index contributed by atoms with van der Waals surface area (Å²) in [6.07, 6.45) is 10.2. The van der Waals surface area contributed by atoms with Crippen molar-refractivity contribution < 1.29 is 9.53 Å². The maximum Gasteiger partial charge on any atom is 0.333 e. The van der Waals surface area contributed by atoms with Gasteiger partial charge in [-0.15, -0.1) is 0 Å². The summed E-state index contributed by atoms with van der Waals surface area (Å²) in [7, 11) is 0. The molecule has 0 unspecified atom stereocenters. The van der Waals surface area contributed by atoms with Crippen molar-refractivity contribution in [3.05, 3.63) is 12.2 Å². The first-order valence-electron chi connectivity index (χ1n) is 7.07. The standard InChI is InChI=1S/C15H28O2/c1-4-6-8-9-10-11-13-17-15(16)14(3)12-7-5-2/h3-13H2,1-2H3. The molecule has 0 aromatic rings. The molecule has 0 N–H and O–H groups in total. The molecule has 100 valence electrons. The maximum absolute atomic E-state index is 11.5. The van der Waals surface area contributed by atoms with Gasteiger partial charge in [0.15, 0.2) is 0 Å². The average Bonchev–Trinajstić information content (AvgIpc) is 2.34. The molecule has 0 heterocycles. The van der Waals surface area contributed by atoms with Crippen LogP contribution in [0.4, 0.5) is 0 Å². The van der Waals surface area contributed by atoms with Crippen LogP contribution in [0.3, 0.4) is 0 Å². The number of hydrogen-bond acceptors (Lipinski definition) is 2. The van der Waals surface area contributed by atoms with Gasteiger partial charge in [0.2, 0.25) is 0 Å². The lowest BCUT2D eigenvalue weighted by Gasteiger charge is -2.06. The number of ether oxygens (including phenoxy) is 1. The smallest absolute Gasteiger partial charge is 0.333 e. The Balaban J connectivity index is 3.35. The van der Waals surface area contributed by atoms with Crippen LogP contribution in [0.25, 0.3) is 0 Å². The first-order chi connectivity index (χ1) is 8.22. The van der Waals surface area contributed by atoms with Crippen LogP contribution in [0.5, 0.6) is 0 Å². The van der Waals surface area contributed by atoms with Crippen molar-refractivity contribution in [2.45, 2.75) is 71.6 Å². The zero-order chi connectivity index (χ0) is 12.9. The Morgan fingerprint density at radius 3 is 2.18 bits per heavy atom. The summed E-state index contributed by atoms with van der Waals surface area (Å²) in [5, 5.41) is 0. The lowest BCUT2D eigenvalue weighted by molar-refractivity contribution is -0.139. The average molecular weight is 240 g/mol. The molecule has 2 nitrogen and oxygen atoms in total. The predicted molar refractivity (Wildman–Crippen MR) is 73.0 cm³/mol. The Morgan fingerprint density at radius 2 is 1.53 bits per heavy atom. The highest BCUT2D eigenvalue weighted by Gasteiger charge is 2.06. The Bertz CT molecular complexity index is 209. The Morgan fingerprint density at radius 1 is 0.941 bits per heavy atom. The lowest BCUT2D eigenvalue weighted by atomic mass is 10.1. The van der Waals surface area contributed by atoms with Gasteiger partial charge in [0.1, 0.15) is 0 Å². The highest BCUT2D eigenvalue weighted by molar-refractivity contribution is 5.87. The van der Waals surface area contributed by atoms with E-state index in [-0.39, 0.29) is 5.97 Å². The molecule has 0 spiro atoms. The van der Waals surface area contributed by atoms with Crippen LogP contribution < -0.4 is 0 Å². The van der Waals surface area contributed by atoms with E-state index in [1.807, 2.05) is 0 Å². The molecule has 0 aliphatic carbocycles. The molecule has 0 saturated heterocycles. The third kappa shape index (κ3) is 10.1. The van der Waals surface area contributed by atoms with Crippen LogP contribution in [-0.2, 0) is 9.53 Å². The molecule has 0 saturated carbocycles. The van der Waals surface area contributed by atoms with Crippen molar-refractivity contribution in [3.8, 4) is 0 Å². The zero-order valence-corrected chi connectivity index (χ0v) is 11.6. The number of rotatable bonds is 11. The topological polar surface area (TPSA) is 26.3 Å². The SMILES string of the molecule is C=C(CCCC)C(=O)OCCCCCCCC. The first kappa shape index (κ1) is 16.2. The van der Waals surface area contributed by atoms with Crippen LogP contribution in [-0.4, -0.2) is 12.6 Å². The minimum Gasteiger partial charge on any atom is -0.462 e. The molecule has 0 radical (unpaired) electrons. The van der Waals surface area contributed by atoms with E-state index in [0.29, 0.717) is 12.2 Å². The van der Waals surface area contributed by atoms with Crippen molar-refractivity contribution in [1.82, 2.24) is 0 Å². The Labute approximate surface area is 106 Å². The molecule has 0 aliphatic heterocycles. The predicted octanol–water partition coefficient (Wildman–Crippen LogP) is 4.64. The van der Waals surface area contributed by atoms with Gasteiger partial charge in [-0.2, -0.15) is 0 Å². The third-order valence-corrected chi connectivity index (χ3v) is 2.85. The summed E-state index contributed by atoms with van der Waals surface area (Å²) in [6.45, 7) is 8.63. The summed E-state index contributed by atoms with van der Waals surface area (Å²) < 4.78 is 5.17. The van der Waals surface area contributed by atoms with Gasteiger partial charge in [-0.25, -0.2) is 4.79 Å². The first-order valence-corrected chi connectivity index (χ1v) is 7.07. The number of carbonyl (C=O) groups is 1. The van der Waals surface area contributed by atoms with Crippen LogP contribution in [0.15, 0.2) is 12.2 Å². The second kappa shape index (κ2) is 11.7. The molecule has 17 heavy (non-hydrogen) atoms. The highest BCUT2D eigenvalue weighted by Crippen LogP contribution is 2.08. The van der Waals surface area contributed by atoms with Gasteiger partial charge in [0.25, 0.3) is 0 Å². The molecule has 0 aromatic heterocycles.